The molecule has 8 heteroatoms. The normalized spacial score (nSPS) is 10.2. The largest absolute Gasteiger partial charge is 0.345 e. The molecule has 4 amide bonds. The Morgan fingerprint density at radius 1 is 1.00 bits per heavy atom. The van der Waals surface area contributed by atoms with Crippen molar-refractivity contribution in [3.05, 3.63) is 64.7 Å². The van der Waals surface area contributed by atoms with Gasteiger partial charge in [0.15, 0.2) is 0 Å². The smallest absolute Gasteiger partial charge is 0.317 e. The zero-order chi connectivity index (χ0) is 21.4. The molecule has 0 aromatic heterocycles. The number of benzene rings is 2. The first-order chi connectivity index (χ1) is 13.8. The summed E-state index contributed by atoms with van der Waals surface area (Å²) in [6.45, 7) is 0.685. The number of rotatable bonds is 7. The Morgan fingerprint density at radius 2 is 1.69 bits per heavy atom. The van der Waals surface area contributed by atoms with Crippen molar-refractivity contribution < 1.29 is 14.4 Å². The van der Waals surface area contributed by atoms with Crippen LogP contribution in [0.4, 0.5) is 10.5 Å². The van der Waals surface area contributed by atoms with E-state index in [9.17, 15) is 14.4 Å². The Hall–Kier alpha value is -3.06. The molecule has 0 unspecified atom stereocenters. The van der Waals surface area contributed by atoms with Crippen LogP contribution in [-0.2, 0) is 11.3 Å². The van der Waals surface area contributed by atoms with Crippen LogP contribution >= 0.6 is 11.6 Å². The van der Waals surface area contributed by atoms with E-state index >= 15 is 0 Å². The maximum absolute atomic E-state index is 12.1. The highest BCUT2D eigenvalue weighted by molar-refractivity contribution is 6.34. The molecule has 2 rings (SSSR count). The number of nitrogens with zero attached hydrogens (tertiary/aromatic N) is 2. The van der Waals surface area contributed by atoms with Gasteiger partial charge in [0.2, 0.25) is 5.91 Å². The van der Waals surface area contributed by atoms with Crippen molar-refractivity contribution in [2.45, 2.75) is 13.0 Å². The maximum Gasteiger partial charge on any atom is 0.317 e. The third-order valence-electron chi connectivity index (χ3n) is 4.13. The minimum absolute atomic E-state index is 0.112. The standard InChI is InChI=1S/C21H25ClN4O3/c1-25(2)20(28)17-10-9-16(13-18(17)22)24-19(27)11-12-23-21(29)26(3)14-15-7-5-4-6-8-15/h4-10,13H,11-12,14H2,1-3H3,(H,23,29)(H,24,27). The number of urea groups is 1. The second-order valence-electron chi connectivity index (χ2n) is 6.77. The van der Waals surface area contributed by atoms with Gasteiger partial charge in [-0.2, -0.15) is 0 Å². The van der Waals surface area contributed by atoms with Crippen LogP contribution in [-0.4, -0.2) is 55.3 Å². The summed E-state index contributed by atoms with van der Waals surface area (Å²) in [6, 6.07) is 14.1. The van der Waals surface area contributed by atoms with Crippen molar-refractivity contribution in [2.75, 3.05) is 33.0 Å². The summed E-state index contributed by atoms with van der Waals surface area (Å²) in [5.74, 6) is -0.478. The van der Waals surface area contributed by atoms with Crippen LogP contribution in [0.5, 0.6) is 0 Å². The number of carbonyl (C=O) groups excluding carboxylic acids is 3. The Labute approximate surface area is 175 Å². The van der Waals surface area contributed by atoms with Gasteiger partial charge < -0.3 is 20.4 Å². The number of anilines is 1. The fourth-order valence-corrected chi connectivity index (χ4v) is 2.84. The summed E-state index contributed by atoms with van der Waals surface area (Å²) in [5, 5.41) is 5.69. The van der Waals surface area contributed by atoms with Crippen molar-refractivity contribution in [1.82, 2.24) is 15.1 Å². The van der Waals surface area contributed by atoms with Crippen molar-refractivity contribution in [3.63, 3.8) is 0 Å². The highest BCUT2D eigenvalue weighted by Gasteiger charge is 2.14. The molecule has 29 heavy (non-hydrogen) atoms. The minimum Gasteiger partial charge on any atom is -0.345 e. The molecule has 0 aliphatic heterocycles. The molecule has 154 valence electrons. The molecule has 0 heterocycles. The lowest BCUT2D eigenvalue weighted by molar-refractivity contribution is -0.116. The number of nitrogens with one attached hydrogen (secondary N) is 2. The van der Waals surface area contributed by atoms with E-state index in [0.717, 1.165) is 5.56 Å². The Bertz CT molecular complexity index is 871. The van der Waals surface area contributed by atoms with Crippen molar-refractivity contribution in [2.24, 2.45) is 0 Å². The second kappa shape index (κ2) is 10.5. The van der Waals surface area contributed by atoms with E-state index in [2.05, 4.69) is 10.6 Å². The molecule has 0 aliphatic carbocycles. The lowest BCUT2D eigenvalue weighted by Crippen LogP contribution is -2.38. The van der Waals surface area contributed by atoms with Gasteiger partial charge >= 0.3 is 6.03 Å². The summed E-state index contributed by atoms with van der Waals surface area (Å²) < 4.78 is 0. The first-order valence-electron chi connectivity index (χ1n) is 9.12. The zero-order valence-electron chi connectivity index (χ0n) is 16.7. The number of carbonyl (C=O) groups is 3. The molecule has 2 N–H and O–H groups in total. The number of amides is 4. The Morgan fingerprint density at radius 3 is 2.31 bits per heavy atom. The SMILES string of the molecule is CN(C)C(=O)c1ccc(NC(=O)CCNC(=O)N(C)Cc2ccccc2)cc1Cl. The zero-order valence-corrected chi connectivity index (χ0v) is 17.5. The van der Waals surface area contributed by atoms with E-state index in [1.165, 1.54) is 11.0 Å². The topological polar surface area (TPSA) is 81.8 Å². The van der Waals surface area contributed by atoms with Crippen LogP contribution in [0.1, 0.15) is 22.3 Å². The highest BCUT2D eigenvalue weighted by atomic mass is 35.5. The molecule has 0 radical (unpaired) electrons. The minimum atomic E-state index is -0.265. The van der Waals surface area contributed by atoms with E-state index in [1.54, 1.807) is 38.2 Å². The second-order valence-corrected chi connectivity index (χ2v) is 7.17. The lowest BCUT2D eigenvalue weighted by atomic mass is 10.2. The fraction of sp³-hybridized carbons (Fsp3) is 0.286. The molecule has 0 atom stereocenters. The number of hydrogen-bond donors (Lipinski definition) is 2. The van der Waals surface area contributed by atoms with E-state index in [1.807, 2.05) is 30.3 Å². The molecule has 7 nitrogen and oxygen atoms in total. The van der Waals surface area contributed by atoms with Gasteiger partial charge in [0.05, 0.1) is 10.6 Å². The Kier molecular flexibility index (Phi) is 8.03. The average Bonchev–Trinajstić information content (AvgIpc) is 2.68. The van der Waals surface area contributed by atoms with Crippen molar-refractivity contribution in [3.8, 4) is 0 Å². The van der Waals surface area contributed by atoms with Crippen molar-refractivity contribution >= 4 is 35.1 Å². The van der Waals surface area contributed by atoms with Gasteiger partial charge in [-0.25, -0.2) is 4.79 Å². The van der Waals surface area contributed by atoms with E-state index < -0.39 is 0 Å². The average molecular weight is 417 g/mol. The van der Waals surface area contributed by atoms with Gasteiger partial charge in [0.1, 0.15) is 0 Å². The molecule has 2 aromatic rings. The summed E-state index contributed by atoms with van der Waals surface area (Å²) in [7, 11) is 4.97. The van der Waals surface area contributed by atoms with Crippen LogP contribution in [0.2, 0.25) is 5.02 Å². The molecule has 0 aliphatic rings. The molecule has 0 bridgehead atoms. The summed E-state index contributed by atoms with van der Waals surface area (Å²) >= 11 is 6.14. The highest BCUT2D eigenvalue weighted by Crippen LogP contribution is 2.22. The molecule has 0 saturated heterocycles. The van der Waals surface area contributed by atoms with Gasteiger partial charge in [0.25, 0.3) is 5.91 Å². The van der Waals surface area contributed by atoms with Crippen molar-refractivity contribution in [1.29, 1.82) is 0 Å². The van der Waals surface area contributed by atoms with E-state index in [4.69, 9.17) is 11.6 Å². The summed E-state index contributed by atoms with van der Waals surface area (Å²) in [5.41, 5.74) is 1.88. The molecule has 0 fully saturated rings. The van der Waals surface area contributed by atoms with E-state index in [-0.39, 0.29) is 35.8 Å². The van der Waals surface area contributed by atoms with Crippen LogP contribution in [0.3, 0.4) is 0 Å². The fourth-order valence-electron chi connectivity index (χ4n) is 2.58. The van der Waals surface area contributed by atoms with E-state index in [0.29, 0.717) is 17.8 Å². The van der Waals surface area contributed by atoms with Gasteiger partial charge in [-0.1, -0.05) is 41.9 Å². The third-order valence-corrected chi connectivity index (χ3v) is 4.44. The van der Waals surface area contributed by atoms with Gasteiger partial charge in [-0.3, -0.25) is 9.59 Å². The van der Waals surface area contributed by atoms with Crippen LogP contribution in [0.25, 0.3) is 0 Å². The maximum atomic E-state index is 12.1. The Balaban J connectivity index is 1.79. The van der Waals surface area contributed by atoms with Crippen LogP contribution < -0.4 is 10.6 Å². The predicted octanol–water partition coefficient (Wildman–Crippen LogP) is 3.21. The summed E-state index contributed by atoms with van der Waals surface area (Å²) in [6.07, 6.45) is 0.112. The quantitative estimate of drug-likeness (QED) is 0.727. The molecular formula is C21H25ClN4O3. The first-order valence-corrected chi connectivity index (χ1v) is 9.49. The predicted molar refractivity (Wildman–Crippen MR) is 114 cm³/mol. The lowest BCUT2D eigenvalue weighted by Gasteiger charge is -2.18. The molecular weight excluding hydrogens is 392 g/mol. The summed E-state index contributed by atoms with van der Waals surface area (Å²) in [4.78, 5) is 39.2. The number of halogens is 1. The monoisotopic (exact) mass is 416 g/mol. The van der Waals surface area contributed by atoms with Gasteiger partial charge in [-0.05, 0) is 23.8 Å². The third kappa shape index (κ3) is 6.80. The van der Waals surface area contributed by atoms with Crippen LogP contribution in [0.15, 0.2) is 48.5 Å². The molecule has 2 aromatic carbocycles. The molecule has 0 saturated carbocycles. The van der Waals surface area contributed by atoms with Gasteiger partial charge in [-0.15, -0.1) is 0 Å². The number of hydrogen-bond acceptors (Lipinski definition) is 3. The molecule has 0 spiro atoms. The van der Waals surface area contributed by atoms with Crippen LogP contribution in [0, 0.1) is 0 Å². The first kappa shape index (κ1) is 22.2. The van der Waals surface area contributed by atoms with Gasteiger partial charge in [0, 0.05) is 46.3 Å².